The summed E-state index contributed by atoms with van der Waals surface area (Å²) in [6.45, 7) is 6.33. The number of nitrogens with zero attached hydrogens (tertiary/aromatic N) is 4. The largest absolute Gasteiger partial charge is 0.378 e. The van der Waals surface area contributed by atoms with Crippen molar-refractivity contribution < 1.29 is 13.9 Å². The van der Waals surface area contributed by atoms with Crippen LogP contribution in [0, 0.1) is 5.82 Å². The van der Waals surface area contributed by atoms with E-state index in [9.17, 15) is 9.18 Å². The molecule has 0 saturated carbocycles. The second kappa shape index (κ2) is 10.7. The molecule has 0 bridgehead atoms. The Morgan fingerprint density at radius 1 is 1.22 bits per heavy atom. The van der Waals surface area contributed by atoms with Gasteiger partial charge in [-0.2, -0.15) is 0 Å². The molecule has 1 aromatic carbocycles. The van der Waals surface area contributed by atoms with Crippen molar-refractivity contribution in [3.63, 3.8) is 0 Å². The number of morpholine rings is 1. The Balaban J connectivity index is 1.22. The molecule has 32 heavy (non-hydrogen) atoms. The van der Waals surface area contributed by atoms with Gasteiger partial charge in [-0.3, -0.25) is 4.79 Å². The number of hydrogen-bond acceptors (Lipinski definition) is 7. The highest BCUT2D eigenvalue weighted by Crippen LogP contribution is 2.23. The number of anilines is 1. The summed E-state index contributed by atoms with van der Waals surface area (Å²) < 4.78 is 20.6. The van der Waals surface area contributed by atoms with Gasteiger partial charge in [0.1, 0.15) is 5.82 Å². The molecule has 4 rings (SSSR count). The van der Waals surface area contributed by atoms with Crippen molar-refractivity contribution in [2.75, 3.05) is 37.7 Å². The van der Waals surface area contributed by atoms with Gasteiger partial charge in [0.05, 0.1) is 44.4 Å². The summed E-state index contributed by atoms with van der Waals surface area (Å²) in [5, 5.41) is 7.07. The molecule has 10 heteroatoms. The quantitative estimate of drug-likeness (QED) is 0.512. The van der Waals surface area contributed by atoms with Crippen molar-refractivity contribution in [3.8, 4) is 0 Å². The number of thiazole rings is 1. The molecule has 0 radical (unpaired) electrons. The third-order valence-electron chi connectivity index (χ3n) is 5.39. The zero-order valence-corrected chi connectivity index (χ0v) is 18.8. The smallest absolute Gasteiger partial charge is 0.234 e. The molecule has 1 saturated heterocycles. The molecule has 1 fully saturated rings. The maximum atomic E-state index is 13.2. The molecule has 1 amide bonds. The molecule has 2 aromatic heterocycles. The fourth-order valence-corrected chi connectivity index (χ4v) is 4.45. The van der Waals surface area contributed by atoms with Gasteiger partial charge in [-0.1, -0.05) is 12.1 Å². The number of rotatable bonds is 9. The van der Waals surface area contributed by atoms with E-state index < -0.39 is 0 Å². The molecule has 0 aliphatic carbocycles. The second-order valence-corrected chi connectivity index (χ2v) is 8.70. The highest BCUT2D eigenvalue weighted by Gasteiger charge is 2.15. The number of amides is 1. The zero-order valence-electron chi connectivity index (χ0n) is 18.0. The fraction of sp³-hybridized carbons (Fsp3) is 0.409. The molecule has 1 aliphatic rings. The Labute approximate surface area is 190 Å². The summed E-state index contributed by atoms with van der Waals surface area (Å²) in [6, 6.07) is 6.47. The highest BCUT2D eigenvalue weighted by molar-refractivity contribution is 7.15. The van der Waals surface area contributed by atoms with Gasteiger partial charge in [-0.05, 0) is 24.6 Å². The number of ether oxygens (including phenoxy) is 1. The molecule has 170 valence electrons. The molecule has 3 aromatic rings. The number of hydrogen-bond donors (Lipinski definition) is 2. The lowest BCUT2D eigenvalue weighted by Crippen LogP contribution is -2.36. The number of halogens is 1. The Morgan fingerprint density at radius 2 is 2.00 bits per heavy atom. The lowest BCUT2D eigenvalue weighted by atomic mass is 10.1. The number of aromatic nitrogens is 3. The van der Waals surface area contributed by atoms with Crippen molar-refractivity contribution in [2.24, 2.45) is 0 Å². The van der Waals surface area contributed by atoms with Gasteiger partial charge < -0.3 is 24.8 Å². The van der Waals surface area contributed by atoms with Gasteiger partial charge >= 0.3 is 0 Å². The monoisotopic (exact) mass is 458 g/mol. The highest BCUT2D eigenvalue weighted by atomic mass is 32.1. The second-order valence-electron chi connectivity index (χ2n) is 7.61. The standard InChI is InChI=1S/C22H27FN6O2S/c1-16(17-2-4-18(23)5-3-17)29-15-25-11-19(29)10-24-14-21(30)26-12-20-13-27-22(32-20)28-6-8-31-9-7-28/h2-5,11,13,15-16,24H,6-10,12,14H2,1H3,(H,26,30)/t16-/m1/s1. The van der Waals surface area contributed by atoms with E-state index in [1.165, 1.54) is 12.1 Å². The minimum Gasteiger partial charge on any atom is -0.378 e. The Morgan fingerprint density at radius 3 is 2.78 bits per heavy atom. The predicted molar refractivity (Wildman–Crippen MR) is 121 cm³/mol. The van der Waals surface area contributed by atoms with Gasteiger partial charge in [-0.25, -0.2) is 14.4 Å². The van der Waals surface area contributed by atoms with Crippen LogP contribution in [-0.2, 0) is 22.6 Å². The first-order chi connectivity index (χ1) is 15.6. The average molecular weight is 459 g/mol. The van der Waals surface area contributed by atoms with Crippen molar-refractivity contribution in [3.05, 3.63) is 64.9 Å². The molecule has 1 atom stereocenters. The first-order valence-electron chi connectivity index (χ1n) is 10.6. The van der Waals surface area contributed by atoms with Gasteiger partial charge in [0.2, 0.25) is 5.91 Å². The van der Waals surface area contributed by atoms with E-state index in [1.54, 1.807) is 36.0 Å². The third kappa shape index (κ3) is 5.70. The van der Waals surface area contributed by atoms with Crippen LogP contribution < -0.4 is 15.5 Å². The summed E-state index contributed by atoms with van der Waals surface area (Å²) in [4.78, 5) is 24.2. The summed E-state index contributed by atoms with van der Waals surface area (Å²) in [5.41, 5.74) is 1.94. The summed E-state index contributed by atoms with van der Waals surface area (Å²) in [6.07, 6.45) is 5.34. The summed E-state index contributed by atoms with van der Waals surface area (Å²) in [7, 11) is 0. The first-order valence-corrected chi connectivity index (χ1v) is 11.4. The van der Waals surface area contributed by atoms with Crippen LogP contribution in [0.5, 0.6) is 0 Å². The lowest BCUT2D eigenvalue weighted by Gasteiger charge is -2.25. The third-order valence-corrected chi connectivity index (χ3v) is 6.45. The van der Waals surface area contributed by atoms with E-state index in [-0.39, 0.29) is 24.3 Å². The van der Waals surface area contributed by atoms with Crippen LogP contribution in [0.15, 0.2) is 43.0 Å². The molecular weight excluding hydrogens is 431 g/mol. The molecule has 3 heterocycles. The lowest BCUT2D eigenvalue weighted by molar-refractivity contribution is -0.120. The van der Waals surface area contributed by atoms with Crippen LogP contribution in [0.25, 0.3) is 0 Å². The van der Waals surface area contributed by atoms with Crippen molar-refractivity contribution in [2.45, 2.75) is 26.1 Å². The van der Waals surface area contributed by atoms with E-state index >= 15 is 0 Å². The first kappa shape index (κ1) is 22.4. The Hall–Kier alpha value is -2.82. The minimum absolute atomic E-state index is 0.00992. The maximum absolute atomic E-state index is 13.2. The van der Waals surface area contributed by atoms with Crippen LogP contribution in [0.1, 0.15) is 29.1 Å². The SMILES string of the molecule is C[C@H](c1ccc(F)cc1)n1cncc1CNCC(=O)NCc1cnc(N2CCOCC2)s1. The maximum Gasteiger partial charge on any atom is 0.234 e. The van der Waals surface area contributed by atoms with E-state index in [0.29, 0.717) is 13.1 Å². The van der Waals surface area contributed by atoms with Crippen LogP contribution in [-0.4, -0.2) is 53.3 Å². The normalized spacial score (nSPS) is 15.0. The summed E-state index contributed by atoms with van der Waals surface area (Å²) in [5.74, 6) is -0.334. The van der Waals surface area contributed by atoms with Crippen LogP contribution in [0.3, 0.4) is 0 Å². The van der Waals surface area contributed by atoms with Crippen LogP contribution in [0.4, 0.5) is 9.52 Å². The Bertz CT molecular complexity index is 1020. The fourth-order valence-electron chi connectivity index (χ4n) is 3.55. The van der Waals surface area contributed by atoms with Gasteiger partial charge in [0.25, 0.3) is 0 Å². The number of benzene rings is 1. The molecule has 0 spiro atoms. The van der Waals surface area contributed by atoms with Gasteiger partial charge in [0.15, 0.2) is 5.13 Å². The minimum atomic E-state index is -0.255. The molecular formula is C22H27FN6O2S. The number of nitrogens with one attached hydrogen (secondary N) is 2. The van der Waals surface area contributed by atoms with Crippen LogP contribution >= 0.6 is 11.3 Å². The van der Waals surface area contributed by atoms with E-state index in [0.717, 1.165) is 47.6 Å². The van der Waals surface area contributed by atoms with Crippen molar-refractivity contribution in [1.82, 2.24) is 25.2 Å². The van der Waals surface area contributed by atoms with Crippen molar-refractivity contribution in [1.29, 1.82) is 0 Å². The molecule has 8 nitrogen and oxygen atoms in total. The van der Waals surface area contributed by atoms with E-state index in [1.807, 2.05) is 17.7 Å². The van der Waals surface area contributed by atoms with Crippen molar-refractivity contribution >= 4 is 22.4 Å². The van der Waals surface area contributed by atoms with E-state index in [2.05, 4.69) is 25.5 Å². The predicted octanol–water partition coefficient (Wildman–Crippen LogP) is 2.33. The van der Waals surface area contributed by atoms with Crippen LogP contribution in [0.2, 0.25) is 0 Å². The molecule has 1 aliphatic heterocycles. The van der Waals surface area contributed by atoms with Gasteiger partial charge in [0, 0.05) is 36.9 Å². The average Bonchev–Trinajstić information content (AvgIpc) is 3.48. The molecule has 0 unspecified atom stereocenters. The zero-order chi connectivity index (χ0) is 22.3. The summed E-state index contributed by atoms with van der Waals surface area (Å²) >= 11 is 1.60. The van der Waals surface area contributed by atoms with Gasteiger partial charge in [-0.15, -0.1) is 11.3 Å². The Kier molecular flexibility index (Phi) is 7.46. The number of carbonyl (C=O) groups excluding carboxylic acids is 1. The number of imidazole rings is 1. The topological polar surface area (TPSA) is 84.3 Å². The molecule has 2 N–H and O–H groups in total. The number of carbonyl (C=O) groups is 1. The van der Waals surface area contributed by atoms with E-state index in [4.69, 9.17) is 4.74 Å².